The van der Waals surface area contributed by atoms with Crippen LogP contribution in [0.15, 0.2) is 48.5 Å². The molecule has 0 saturated carbocycles. The van der Waals surface area contributed by atoms with Crippen molar-refractivity contribution in [1.29, 1.82) is 0 Å². The highest BCUT2D eigenvalue weighted by Gasteiger charge is 2.30. The fourth-order valence-corrected chi connectivity index (χ4v) is 2.85. The Morgan fingerprint density at radius 3 is 2.00 bits per heavy atom. The Morgan fingerprint density at radius 1 is 0.933 bits per heavy atom. The van der Waals surface area contributed by atoms with E-state index >= 15 is 0 Å². The van der Waals surface area contributed by atoms with Crippen LogP contribution >= 0.6 is 0 Å². The van der Waals surface area contributed by atoms with Crippen molar-refractivity contribution in [3.63, 3.8) is 0 Å². The molecule has 3 rings (SSSR count). The van der Waals surface area contributed by atoms with Gasteiger partial charge >= 0.3 is 5.97 Å². The van der Waals surface area contributed by atoms with Crippen molar-refractivity contribution in [2.75, 3.05) is 10.2 Å². The van der Waals surface area contributed by atoms with E-state index in [1.54, 1.807) is 0 Å². The van der Waals surface area contributed by atoms with Gasteiger partial charge in [0.15, 0.2) is 6.10 Å². The second-order valence-corrected chi connectivity index (χ2v) is 6.65. The van der Waals surface area contributed by atoms with Gasteiger partial charge in [-0.15, -0.1) is 0 Å². The van der Waals surface area contributed by atoms with Crippen molar-refractivity contribution >= 4 is 41.0 Å². The first-order valence-corrected chi connectivity index (χ1v) is 9.14. The minimum absolute atomic E-state index is 0.167. The summed E-state index contributed by atoms with van der Waals surface area (Å²) in [6.07, 6.45) is -0.754. The van der Waals surface area contributed by atoms with Gasteiger partial charge in [0.1, 0.15) is 0 Å². The topological polar surface area (TPSA) is 136 Å². The fourth-order valence-electron chi connectivity index (χ4n) is 2.85. The van der Waals surface area contributed by atoms with E-state index in [9.17, 15) is 24.0 Å². The minimum Gasteiger partial charge on any atom is -0.449 e. The quantitative estimate of drug-likeness (QED) is 0.550. The van der Waals surface area contributed by atoms with Crippen LogP contribution in [-0.2, 0) is 19.1 Å². The normalized spacial score (nSPS) is 14.4. The summed E-state index contributed by atoms with van der Waals surface area (Å²) in [7, 11) is 0. The van der Waals surface area contributed by atoms with Gasteiger partial charge in [-0.3, -0.25) is 24.1 Å². The molecule has 3 N–H and O–H groups in total. The predicted octanol–water partition coefficient (Wildman–Crippen LogP) is 1.62. The third-order valence-electron chi connectivity index (χ3n) is 4.50. The number of rotatable bonds is 6. The number of nitrogens with zero attached hydrogens (tertiary/aromatic N) is 1. The average Bonchev–Trinajstić information content (AvgIpc) is 3.06. The molecule has 1 fully saturated rings. The smallest absolute Gasteiger partial charge is 0.338 e. The maximum absolute atomic E-state index is 12.3. The van der Waals surface area contributed by atoms with Crippen molar-refractivity contribution in [1.82, 2.24) is 0 Å². The van der Waals surface area contributed by atoms with E-state index in [-0.39, 0.29) is 30.2 Å². The van der Waals surface area contributed by atoms with Crippen LogP contribution in [0.4, 0.5) is 11.4 Å². The summed E-state index contributed by atoms with van der Waals surface area (Å²) in [5.74, 6) is -2.44. The molecule has 1 aliphatic heterocycles. The molecule has 4 amide bonds. The number of carbonyl (C=O) groups is 5. The molecule has 0 aliphatic carbocycles. The van der Waals surface area contributed by atoms with E-state index in [2.05, 4.69) is 5.32 Å². The molecule has 30 heavy (non-hydrogen) atoms. The third kappa shape index (κ3) is 4.52. The van der Waals surface area contributed by atoms with Gasteiger partial charge in [-0.05, 0) is 55.5 Å². The van der Waals surface area contributed by atoms with Crippen LogP contribution in [0.25, 0.3) is 0 Å². The maximum atomic E-state index is 12.3. The first kappa shape index (κ1) is 20.7. The molecule has 1 heterocycles. The van der Waals surface area contributed by atoms with Crippen molar-refractivity contribution in [2.24, 2.45) is 5.73 Å². The second kappa shape index (κ2) is 8.56. The van der Waals surface area contributed by atoms with E-state index in [0.29, 0.717) is 16.9 Å². The van der Waals surface area contributed by atoms with Crippen LogP contribution in [0.5, 0.6) is 0 Å². The molecule has 0 spiro atoms. The molecule has 0 aromatic heterocycles. The van der Waals surface area contributed by atoms with Gasteiger partial charge in [0.05, 0.1) is 11.3 Å². The lowest BCUT2D eigenvalue weighted by atomic mass is 10.2. The van der Waals surface area contributed by atoms with Crippen LogP contribution < -0.4 is 16.0 Å². The van der Waals surface area contributed by atoms with Crippen molar-refractivity contribution in [2.45, 2.75) is 25.9 Å². The summed E-state index contributed by atoms with van der Waals surface area (Å²) in [4.78, 5) is 60.2. The summed E-state index contributed by atoms with van der Waals surface area (Å²) >= 11 is 0. The standard InChI is InChI=1S/C21H19N3O6/c1-12(20(28)23-15-6-2-13(3-7-15)19(22)27)30-21(29)14-4-8-16(9-5-14)24-17(25)10-11-18(24)26/h2-9,12H,10-11H2,1H3,(H2,22,27)(H,23,28)/t12-/m0/s1. The van der Waals surface area contributed by atoms with Crippen LogP contribution in [0.3, 0.4) is 0 Å². The molecule has 2 aromatic rings. The zero-order valence-corrected chi connectivity index (χ0v) is 16.1. The number of benzene rings is 2. The van der Waals surface area contributed by atoms with E-state index < -0.39 is 23.9 Å². The molecular weight excluding hydrogens is 390 g/mol. The number of imide groups is 1. The Hall–Kier alpha value is -4.01. The SMILES string of the molecule is C[C@H](OC(=O)c1ccc(N2C(=O)CCC2=O)cc1)C(=O)Nc1ccc(C(N)=O)cc1. The molecule has 9 heteroatoms. The highest BCUT2D eigenvalue weighted by Crippen LogP contribution is 2.23. The number of amides is 4. The fraction of sp³-hybridized carbons (Fsp3) is 0.190. The van der Waals surface area contributed by atoms with Crippen molar-refractivity contribution < 1.29 is 28.7 Å². The summed E-state index contributed by atoms with van der Waals surface area (Å²) in [6, 6.07) is 11.7. The zero-order valence-electron chi connectivity index (χ0n) is 16.1. The molecular formula is C21H19N3O6. The van der Waals surface area contributed by atoms with Gasteiger partial charge in [0.25, 0.3) is 5.91 Å². The average molecular weight is 409 g/mol. The minimum atomic E-state index is -1.09. The Morgan fingerprint density at radius 2 is 1.47 bits per heavy atom. The molecule has 154 valence electrons. The highest BCUT2D eigenvalue weighted by molar-refractivity contribution is 6.19. The molecule has 1 saturated heterocycles. The summed E-state index contributed by atoms with van der Waals surface area (Å²) in [6.45, 7) is 1.42. The molecule has 0 radical (unpaired) electrons. The van der Waals surface area contributed by atoms with Crippen LogP contribution in [0, 0.1) is 0 Å². The van der Waals surface area contributed by atoms with Gasteiger partial charge in [-0.1, -0.05) is 0 Å². The second-order valence-electron chi connectivity index (χ2n) is 6.65. The zero-order chi connectivity index (χ0) is 21.8. The number of hydrogen-bond donors (Lipinski definition) is 2. The molecule has 0 unspecified atom stereocenters. The van der Waals surface area contributed by atoms with Gasteiger partial charge in [-0.25, -0.2) is 4.79 Å². The van der Waals surface area contributed by atoms with Gasteiger partial charge < -0.3 is 15.8 Å². The number of esters is 1. The number of carbonyl (C=O) groups excluding carboxylic acids is 5. The van der Waals surface area contributed by atoms with Gasteiger partial charge in [0, 0.05) is 24.1 Å². The third-order valence-corrected chi connectivity index (χ3v) is 4.50. The van der Waals surface area contributed by atoms with Gasteiger partial charge in [0.2, 0.25) is 17.7 Å². The molecule has 9 nitrogen and oxygen atoms in total. The number of nitrogens with two attached hydrogens (primary N) is 1. The maximum Gasteiger partial charge on any atom is 0.338 e. The highest BCUT2D eigenvalue weighted by atomic mass is 16.5. The Bertz CT molecular complexity index is 998. The summed E-state index contributed by atoms with van der Waals surface area (Å²) < 4.78 is 5.17. The van der Waals surface area contributed by atoms with Crippen LogP contribution in [0.2, 0.25) is 0 Å². The van der Waals surface area contributed by atoms with Gasteiger partial charge in [-0.2, -0.15) is 0 Å². The Labute approximate surface area is 171 Å². The van der Waals surface area contributed by atoms with E-state index in [1.807, 2.05) is 0 Å². The summed E-state index contributed by atoms with van der Waals surface area (Å²) in [5.41, 5.74) is 6.42. The lowest BCUT2D eigenvalue weighted by Gasteiger charge is -2.15. The number of nitrogens with one attached hydrogen (secondary N) is 1. The first-order chi connectivity index (χ1) is 14.3. The molecule has 1 aliphatic rings. The lowest BCUT2D eigenvalue weighted by molar-refractivity contribution is -0.124. The number of anilines is 2. The molecule has 0 bridgehead atoms. The number of ether oxygens (including phenoxy) is 1. The van der Waals surface area contributed by atoms with E-state index in [0.717, 1.165) is 4.90 Å². The summed E-state index contributed by atoms with van der Waals surface area (Å²) in [5, 5.41) is 2.57. The Kier molecular flexibility index (Phi) is 5.91. The first-order valence-electron chi connectivity index (χ1n) is 9.14. The van der Waals surface area contributed by atoms with E-state index in [1.165, 1.54) is 55.5 Å². The monoisotopic (exact) mass is 409 g/mol. The largest absolute Gasteiger partial charge is 0.449 e. The van der Waals surface area contributed by atoms with Crippen molar-refractivity contribution in [3.8, 4) is 0 Å². The van der Waals surface area contributed by atoms with E-state index in [4.69, 9.17) is 10.5 Å². The molecule has 1 atom stereocenters. The Balaban J connectivity index is 1.59. The lowest BCUT2D eigenvalue weighted by Crippen LogP contribution is -2.30. The number of hydrogen-bond acceptors (Lipinski definition) is 6. The molecule has 2 aromatic carbocycles. The van der Waals surface area contributed by atoms with Crippen LogP contribution in [-0.4, -0.2) is 35.7 Å². The van der Waals surface area contributed by atoms with Crippen molar-refractivity contribution in [3.05, 3.63) is 59.7 Å². The number of primary amides is 1. The predicted molar refractivity (Wildman–Crippen MR) is 107 cm³/mol. The van der Waals surface area contributed by atoms with Crippen LogP contribution in [0.1, 0.15) is 40.5 Å².